The summed E-state index contributed by atoms with van der Waals surface area (Å²) < 4.78 is 1.15. The Morgan fingerprint density at radius 2 is 1.82 bits per heavy atom. The molecule has 0 amide bonds. The maximum atomic E-state index is 6.21. The molecule has 0 nitrogen and oxygen atoms in total. The summed E-state index contributed by atoms with van der Waals surface area (Å²) in [5, 5.41) is 0.335. The van der Waals surface area contributed by atoms with Crippen molar-refractivity contribution < 1.29 is 0 Å². The zero-order valence-corrected chi connectivity index (χ0v) is 14.3. The molecule has 0 aromatic heterocycles. The SMILES string of the molecule is Clc1cccc(C(Cl)C(Cl)Cl)c1CCCCI. The van der Waals surface area contributed by atoms with Gasteiger partial charge in [-0.2, -0.15) is 0 Å². The maximum Gasteiger partial charge on any atom is 0.128 e. The van der Waals surface area contributed by atoms with E-state index in [2.05, 4.69) is 22.6 Å². The van der Waals surface area contributed by atoms with Crippen molar-refractivity contribution in [3.05, 3.63) is 34.3 Å². The fraction of sp³-hybridized carbons (Fsp3) is 0.500. The maximum absolute atomic E-state index is 6.21. The van der Waals surface area contributed by atoms with Crippen molar-refractivity contribution in [2.45, 2.75) is 29.5 Å². The van der Waals surface area contributed by atoms with Crippen molar-refractivity contribution in [1.82, 2.24) is 0 Å². The average Bonchev–Trinajstić information content (AvgIpc) is 2.30. The number of hydrogen-bond donors (Lipinski definition) is 0. The Hall–Kier alpha value is 1.11. The van der Waals surface area contributed by atoms with Crippen LogP contribution in [0.3, 0.4) is 0 Å². The highest BCUT2D eigenvalue weighted by molar-refractivity contribution is 14.1. The molecule has 96 valence electrons. The lowest BCUT2D eigenvalue weighted by molar-refractivity contribution is 0.797. The Bertz CT molecular complexity index is 354. The third kappa shape index (κ3) is 4.94. The van der Waals surface area contributed by atoms with Crippen LogP contribution < -0.4 is 0 Å². The van der Waals surface area contributed by atoms with E-state index in [0.717, 1.165) is 33.4 Å². The second-order valence-electron chi connectivity index (χ2n) is 3.69. The van der Waals surface area contributed by atoms with Gasteiger partial charge in [0, 0.05) is 5.02 Å². The van der Waals surface area contributed by atoms with E-state index < -0.39 is 10.2 Å². The highest BCUT2D eigenvalue weighted by Crippen LogP contribution is 2.35. The predicted molar refractivity (Wildman–Crippen MR) is 87.4 cm³/mol. The smallest absolute Gasteiger partial charge is 0.115 e. The van der Waals surface area contributed by atoms with Gasteiger partial charge >= 0.3 is 0 Å². The Morgan fingerprint density at radius 3 is 2.41 bits per heavy atom. The molecule has 0 bridgehead atoms. The van der Waals surface area contributed by atoms with Gasteiger partial charge in [-0.05, 0) is 40.9 Å². The van der Waals surface area contributed by atoms with E-state index in [1.807, 2.05) is 18.2 Å². The molecule has 0 heterocycles. The minimum atomic E-state index is -0.626. The minimum absolute atomic E-state index is 0.411. The summed E-state index contributed by atoms with van der Waals surface area (Å²) in [4.78, 5) is -0.626. The first-order valence-electron chi connectivity index (χ1n) is 5.33. The molecule has 0 N–H and O–H groups in total. The Morgan fingerprint density at radius 1 is 1.12 bits per heavy atom. The lowest BCUT2D eigenvalue weighted by Crippen LogP contribution is -2.04. The molecule has 1 rings (SSSR count). The molecule has 0 saturated heterocycles. The molecule has 1 aromatic rings. The summed E-state index contributed by atoms with van der Waals surface area (Å²) in [6.45, 7) is 0. The molecule has 1 unspecified atom stereocenters. The zero-order valence-electron chi connectivity index (χ0n) is 9.11. The van der Waals surface area contributed by atoms with Crippen LogP contribution in [0.25, 0.3) is 0 Å². The van der Waals surface area contributed by atoms with E-state index in [4.69, 9.17) is 46.4 Å². The number of hydrogen-bond acceptors (Lipinski definition) is 0. The number of alkyl halides is 4. The molecule has 0 radical (unpaired) electrons. The van der Waals surface area contributed by atoms with Crippen LogP contribution in [0.15, 0.2) is 18.2 Å². The van der Waals surface area contributed by atoms with Gasteiger partial charge in [-0.3, -0.25) is 0 Å². The van der Waals surface area contributed by atoms with Gasteiger partial charge in [0.05, 0.1) is 5.38 Å². The van der Waals surface area contributed by atoms with Crippen LogP contribution in [-0.2, 0) is 6.42 Å². The van der Waals surface area contributed by atoms with Crippen LogP contribution in [0.1, 0.15) is 29.3 Å². The average molecular weight is 426 g/mol. The fourth-order valence-corrected chi connectivity index (χ4v) is 2.92. The van der Waals surface area contributed by atoms with Crippen LogP contribution in [-0.4, -0.2) is 9.26 Å². The standard InChI is InChI=1S/C12H13Cl4I/c13-10-6-3-5-9(11(14)12(15)16)8(10)4-1-2-7-17/h3,5-6,11-12H,1-2,4,7H2. The van der Waals surface area contributed by atoms with Crippen molar-refractivity contribution in [1.29, 1.82) is 0 Å². The van der Waals surface area contributed by atoms with Crippen molar-refractivity contribution in [2.24, 2.45) is 0 Å². The predicted octanol–water partition coefficient (Wildman–Crippen LogP) is 6.18. The summed E-state index contributed by atoms with van der Waals surface area (Å²) >= 11 is 26.5. The largest absolute Gasteiger partial charge is 0.128 e. The third-order valence-corrected chi connectivity index (χ3v) is 4.85. The molecule has 0 aliphatic heterocycles. The highest BCUT2D eigenvalue weighted by atomic mass is 127. The molecule has 17 heavy (non-hydrogen) atoms. The normalized spacial score (nSPS) is 13.1. The second kappa shape index (κ2) is 8.31. The molecular formula is C12H13Cl4I. The molecule has 0 aliphatic carbocycles. The van der Waals surface area contributed by atoms with Gasteiger partial charge in [0.15, 0.2) is 0 Å². The second-order valence-corrected chi connectivity index (χ2v) is 6.81. The summed E-state index contributed by atoms with van der Waals surface area (Å²) in [7, 11) is 0. The summed E-state index contributed by atoms with van der Waals surface area (Å²) in [5.74, 6) is 0. The van der Waals surface area contributed by atoms with Crippen LogP contribution in [0.2, 0.25) is 5.02 Å². The number of unbranched alkanes of at least 4 members (excludes halogenated alkanes) is 1. The van der Waals surface area contributed by atoms with Crippen molar-refractivity contribution >= 4 is 69.0 Å². The van der Waals surface area contributed by atoms with Gasteiger partial charge in [-0.25, -0.2) is 0 Å². The minimum Gasteiger partial charge on any atom is -0.115 e. The van der Waals surface area contributed by atoms with Gasteiger partial charge in [0.1, 0.15) is 4.84 Å². The fourth-order valence-electron chi connectivity index (χ4n) is 1.63. The molecular weight excluding hydrogens is 413 g/mol. The van der Waals surface area contributed by atoms with Gasteiger partial charge in [-0.15, -0.1) is 34.8 Å². The monoisotopic (exact) mass is 424 g/mol. The van der Waals surface area contributed by atoms with E-state index in [0.29, 0.717) is 0 Å². The van der Waals surface area contributed by atoms with E-state index in [1.165, 1.54) is 6.42 Å². The zero-order chi connectivity index (χ0) is 12.8. The number of halogens is 5. The van der Waals surface area contributed by atoms with Crippen LogP contribution in [0, 0.1) is 0 Å². The molecule has 1 atom stereocenters. The van der Waals surface area contributed by atoms with Gasteiger partial charge in [0.2, 0.25) is 0 Å². The van der Waals surface area contributed by atoms with Crippen molar-refractivity contribution in [3.63, 3.8) is 0 Å². The lowest BCUT2D eigenvalue weighted by Gasteiger charge is -2.16. The van der Waals surface area contributed by atoms with Crippen LogP contribution in [0.5, 0.6) is 0 Å². The first kappa shape index (κ1) is 16.2. The van der Waals surface area contributed by atoms with Crippen molar-refractivity contribution in [3.8, 4) is 0 Å². The van der Waals surface area contributed by atoms with Gasteiger partial charge in [0.25, 0.3) is 0 Å². The molecule has 1 aromatic carbocycles. The van der Waals surface area contributed by atoms with E-state index in [1.54, 1.807) is 0 Å². The summed E-state index contributed by atoms with van der Waals surface area (Å²) in [5.41, 5.74) is 2.02. The van der Waals surface area contributed by atoms with Crippen LogP contribution in [0.4, 0.5) is 0 Å². The van der Waals surface area contributed by atoms with E-state index in [-0.39, 0.29) is 0 Å². The molecule has 0 spiro atoms. The van der Waals surface area contributed by atoms with E-state index >= 15 is 0 Å². The summed E-state index contributed by atoms with van der Waals surface area (Å²) in [6.07, 6.45) is 3.18. The third-order valence-electron chi connectivity index (χ3n) is 2.48. The number of benzene rings is 1. The molecule has 5 heteroatoms. The first-order chi connectivity index (χ1) is 8.07. The topological polar surface area (TPSA) is 0 Å². The van der Waals surface area contributed by atoms with E-state index in [9.17, 15) is 0 Å². The first-order valence-corrected chi connectivity index (χ1v) is 8.54. The number of rotatable bonds is 6. The quantitative estimate of drug-likeness (QED) is 0.290. The molecule has 0 aliphatic rings. The van der Waals surface area contributed by atoms with Crippen molar-refractivity contribution in [2.75, 3.05) is 4.43 Å². The lowest BCUT2D eigenvalue weighted by atomic mass is 10.00. The van der Waals surface area contributed by atoms with Gasteiger partial charge in [-0.1, -0.05) is 46.3 Å². The molecule has 0 fully saturated rings. The highest BCUT2D eigenvalue weighted by Gasteiger charge is 2.20. The van der Waals surface area contributed by atoms with Gasteiger partial charge < -0.3 is 0 Å². The Kier molecular flexibility index (Phi) is 7.91. The molecule has 0 saturated carbocycles. The summed E-state index contributed by atoms with van der Waals surface area (Å²) in [6, 6.07) is 5.71. The Labute approximate surface area is 136 Å². The Balaban J connectivity index is 2.91. The van der Waals surface area contributed by atoms with Crippen LogP contribution >= 0.6 is 69.0 Å².